The van der Waals surface area contributed by atoms with Gasteiger partial charge in [-0.3, -0.25) is 14.9 Å². The van der Waals surface area contributed by atoms with Gasteiger partial charge in [0.1, 0.15) is 0 Å². The summed E-state index contributed by atoms with van der Waals surface area (Å²) in [7, 11) is 0. The van der Waals surface area contributed by atoms with Crippen LogP contribution in [0.5, 0.6) is 0 Å². The summed E-state index contributed by atoms with van der Waals surface area (Å²) in [6, 6.07) is 0. The lowest BCUT2D eigenvalue weighted by atomic mass is 10.1. The first-order valence-corrected chi connectivity index (χ1v) is 8.36. The third-order valence-corrected chi connectivity index (χ3v) is 3.42. The average molecular weight is 306 g/mol. The Labute approximate surface area is 134 Å². The molecule has 0 fully saturated rings. The van der Waals surface area contributed by atoms with Crippen molar-refractivity contribution in [3.05, 3.63) is 21.9 Å². The Morgan fingerprint density at radius 3 is 2.36 bits per heavy atom. The van der Waals surface area contributed by atoms with E-state index in [0.717, 1.165) is 12.8 Å². The summed E-state index contributed by atoms with van der Waals surface area (Å²) >= 11 is 0. The Kier molecular flexibility index (Phi) is 14.6. The van der Waals surface area contributed by atoms with E-state index >= 15 is 0 Å². The molecule has 0 bridgehead atoms. The van der Waals surface area contributed by atoms with Crippen LogP contribution in [-0.2, 0) is 4.79 Å². The smallest absolute Gasteiger partial charge is 0.243 e. The largest absolute Gasteiger partial charge is 0.291 e. The third-order valence-electron chi connectivity index (χ3n) is 3.42. The predicted octanol–water partition coefficient (Wildman–Crippen LogP) is 4.96. The molecule has 0 rings (SSSR count). The minimum atomic E-state index is -0.347. The topological polar surface area (TPSA) is 60.2 Å². The van der Waals surface area contributed by atoms with E-state index in [2.05, 4.69) is 18.8 Å². The lowest BCUT2D eigenvalue weighted by Crippen LogP contribution is -1.98. The lowest BCUT2D eigenvalue weighted by molar-refractivity contribution is -0.428. The molecular formula is C18H28NO3. The van der Waals surface area contributed by atoms with Crippen LogP contribution in [0.2, 0.25) is 0 Å². The van der Waals surface area contributed by atoms with Gasteiger partial charge in [-0.25, -0.2) is 0 Å². The van der Waals surface area contributed by atoms with Crippen LogP contribution in [0.25, 0.3) is 0 Å². The van der Waals surface area contributed by atoms with Crippen LogP contribution in [0.15, 0.2) is 11.8 Å². The van der Waals surface area contributed by atoms with Gasteiger partial charge in [0.25, 0.3) is 0 Å². The van der Waals surface area contributed by atoms with Gasteiger partial charge in [0.05, 0.1) is 4.92 Å². The zero-order chi connectivity index (χ0) is 16.5. The Bertz CT molecular complexity index is 391. The maximum absolute atomic E-state index is 10.9. The zero-order valence-electron chi connectivity index (χ0n) is 13.7. The minimum Gasteiger partial charge on any atom is -0.291 e. The summed E-state index contributed by atoms with van der Waals surface area (Å²) in [6.45, 7) is 2.21. The van der Waals surface area contributed by atoms with Crippen molar-refractivity contribution in [2.45, 2.75) is 84.0 Å². The summed E-state index contributed by atoms with van der Waals surface area (Å²) in [5.41, 5.74) is 0.208. The van der Waals surface area contributed by atoms with Gasteiger partial charge < -0.3 is 0 Å². The maximum atomic E-state index is 10.9. The fourth-order valence-electron chi connectivity index (χ4n) is 2.09. The Balaban J connectivity index is 3.82. The molecule has 4 heteroatoms. The molecule has 123 valence electrons. The molecule has 0 N–H and O–H groups in total. The maximum Gasteiger partial charge on any atom is 0.243 e. The van der Waals surface area contributed by atoms with E-state index in [0.29, 0.717) is 32.1 Å². The van der Waals surface area contributed by atoms with Crippen LogP contribution >= 0.6 is 0 Å². The molecule has 0 heterocycles. The highest BCUT2D eigenvalue weighted by atomic mass is 16.6. The van der Waals surface area contributed by atoms with Crippen LogP contribution in [0.4, 0.5) is 0 Å². The lowest BCUT2D eigenvalue weighted by Gasteiger charge is -1.97. The van der Waals surface area contributed by atoms with E-state index in [1.54, 1.807) is 12.4 Å². The Morgan fingerprint density at radius 1 is 1.00 bits per heavy atom. The molecule has 0 aromatic carbocycles. The number of carbonyl (C=O) groups excluding carboxylic acids is 1. The van der Waals surface area contributed by atoms with Crippen molar-refractivity contribution >= 4 is 6.29 Å². The van der Waals surface area contributed by atoms with E-state index < -0.39 is 0 Å². The number of rotatable bonds is 13. The van der Waals surface area contributed by atoms with Gasteiger partial charge in [-0.15, -0.1) is 5.92 Å². The molecule has 1 radical (unpaired) electrons. The Hall–Kier alpha value is -1.63. The highest BCUT2D eigenvalue weighted by Crippen LogP contribution is 2.10. The van der Waals surface area contributed by atoms with Crippen molar-refractivity contribution in [1.82, 2.24) is 0 Å². The van der Waals surface area contributed by atoms with Crippen molar-refractivity contribution in [3.8, 4) is 11.8 Å². The molecule has 0 unspecified atom stereocenters. The van der Waals surface area contributed by atoms with E-state index in [-0.39, 0.29) is 10.6 Å². The molecule has 0 spiro atoms. The molecule has 0 saturated carbocycles. The highest BCUT2D eigenvalue weighted by molar-refractivity contribution is 5.50. The molecule has 0 aliphatic heterocycles. The van der Waals surface area contributed by atoms with Gasteiger partial charge in [0.15, 0.2) is 6.29 Å². The van der Waals surface area contributed by atoms with E-state index in [1.165, 1.54) is 32.1 Å². The molecule has 0 saturated heterocycles. The molecule has 0 amide bonds. The van der Waals surface area contributed by atoms with Gasteiger partial charge in [0.2, 0.25) is 5.70 Å². The molecule has 0 aliphatic rings. The van der Waals surface area contributed by atoms with Gasteiger partial charge in [-0.1, -0.05) is 44.9 Å². The summed E-state index contributed by atoms with van der Waals surface area (Å²) in [6.07, 6.45) is 14.2. The molecule has 0 aromatic rings. The minimum absolute atomic E-state index is 0.208. The number of nitrogens with zero attached hydrogens (tertiary/aromatic N) is 1. The average Bonchev–Trinajstić information content (AvgIpc) is 2.50. The number of nitro groups is 1. The second kappa shape index (κ2) is 15.8. The SMILES string of the molecule is CCCCCCCCC#CC/C=C(/CCCC[C]=O)[N+](=O)[O-]. The van der Waals surface area contributed by atoms with Gasteiger partial charge >= 0.3 is 0 Å². The van der Waals surface area contributed by atoms with Gasteiger partial charge in [-0.05, 0) is 19.3 Å². The van der Waals surface area contributed by atoms with Crippen LogP contribution in [0, 0.1) is 22.0 Å². The fourth-order valence-corrected chi connectivity index (χ4v) is 2.09. The summed E-state index contributed by atoms with van der Waals surface area (Å²) < 4.78 is 0. The van der Waals surface area contributed by atoms with E-state index in [1.807, 2.05) is 0 Å². The van der Waals surface area contributed by atoms with Crippen molar-refractivity contribution in [2.24, 2.45) is 0 Å². The monoisotopic (exact) mass is 306 g/mol. The number of hydrogen-bond donors (Lipinski definition) is 0. The molecular weight excluding hydrogens is 278 g/mol. The molecule has 0 atom stereocenters. The summed E-state index contributed by atoms with van der Waals surface area (Å²) in [4.78, 5) is 20.6. The second-order valence-corrected chi connectivity index (χ2v) is 5.38. The van der Waals surface area contributed by atoms with Gasteiger partial charge in [0, 0.05) is 31.8 Å². The Morgan fingerprint density at radius 2 is 1.68 bits per heavy atom. The standard InChI is InChI=1S/C18H28NO3/c1-2-3-4-5-6-7-8-9-10-12-15-18(19(21)22)16-13-11-14-17-20/h15H,2-8,11-14,16H2,1H3/b18-15-. The summed E-state index contributed by atoms with van der Waals surface area (Å²) in [5.74, 6) is 6.06. The summed E-state index contributed by atoms with van der Waals surface area (Å²) in [5, 5.41) is 10.9. The highest BCUT2D eigenvalue weighted by Gasteiger charge is 2.08. The number of hydrogen-bond acceptors (Lipinski definition) is 3. The number of unbranched alkanes of at least 4 members (excludes halogenated alkanes) is 8. The van der Waals surface area contributed by atoms with Crippen molar-refractivity contribution < 1.29 is 9.72 Å². The second-order valence-electron chi connectivity index (χ2n) is 5.38. The first-order valence-electron chi connectivity index (χ1n) is 8.36. The van der Waals surface area contributed by atoms with Crippen molar-refractivity contribution in [3.63, 3.8) is 0 Å². The fraction of sp³-hybridized carbons (Fsp3) is 0.722. The van der Waals surface area contributed by atoms with Crippen molar-refractivity contribution in [1.29, 1.82) is 0 Å². The van der Waals surface area contributed by atoms with Crippen LogP contribution in [0.3, 0.4) is 0 Å². The molecule has 22 heavy (non-hydrogen) atoms. The van der Waals surface area contributed by atoms with Crippen molar-refractivity contribution in [2.75, 3.05) is 0 Å². The number of allylic oxidation sites excluding steroid dienone is 2. The van der Waals surface area contributed by atoms with Crippen LogP contribution < -0.4 is 0 Å². The first-order chi connectivity index (χ1) is 10.7. The van der Waals surface area contributed by atoms with Crippen LogP contribution in [0.1, 0.15) is 84.0 Å². The van der Waals surface area contributed by atoms with Crippen LogP contribution in [-0.4, -0.2) is 11.2 Å². The molecule has 0 aliphatic carbocycles. The van der Waals surface area contributed by atoms with Gasteiger partial charge in [-0.2, -0.15) is 0 Å². The third kappa shape index (κ3) is 13.4. The first kappa shape index (κ1) is 20.4. The predicted molar refractivity (Wildman–Crippen MR) is 89.6 cm³/mol. The molecule has 0 aromatic heterocycles. The molecule has 4 nitrogen and oxygen atoms in total. The zero-order valence-corrected chi connectivity index (χ0v) is 13.7. The quantitative estimate of drug-likeness (QED) is 0.209. The normalized spacial score (nSPS) is 10.9. The van der Waals surface area contributed by atoms with E-state index in [4.69, 9.17) is 0 Å². The van der Waals surface area contributed by atoms with E-state index in [9.17, 15) is 14.9 Å².